The van der Waals surface area contributed by atoms with Gasteiger partial charge in [0.15, 0.2) is 5.11 Å². The Morgan fingerprint density at radius 2 is 1.72 bits per heavy atom. The minimum atomic E-state index is -0.122. The predicted octanol–water partition coefficient (Wildman–Crippen LogP) is 3.08. The molecule has 1 heterocycles. The van der Waals surface area contributed by atoms with Crippen molar-refractivity contribution in [1.82, 2.24) is 10.3 Å². The molecule has 0 radical (unpaired) electrons. The molecule has 0 aliphatic rings. The summed E-state index contributed by atoms with van der Waals surface area (Å²) < 4.78 is 15.7. The fourth-order valence-corrected chi connectivity index (χ4v) is 3.13. The maximum atomic E-state index is 12.3. The topological polar surface area (TPSA) is 84.6 Å². The van der Waals surface area contributed by atoms with Gasteiger partial charge in [0.1, 0.15) is 17.2 Å². The van der Waals surface area contributed by atoms with Gasteiger partial charge < -0.3 is 29.8 Å². The number of thiocarbonyl (C=S) groups is 1. The molecule has 0 aliphatic heterocycles. The first-order chi connectivity index (χ1) is 14.0. The van der Waals surface area contributed by atoms with Crippen LogP contribution in [0.15, 0.2) is 47.3 Å². The summed E-state index contributed by atoms with van der Waals surface area (Å²) in [5.74, 6) is 2.02. The van der Waals surface area contributed by atoms with Crippen LogP contribution in [0.3, 0.4) is 0 Å². The third-order valence-corrected chi connectivity index (χ3v) is 4.71. The van der Waals surface area contributed by atoms with Crippen LogP contribution in [-0.2, 0) is 6.42 Å². The third-order valence-electron chi connectivity index (χ3n) is 4.47. The molecule has 0 atom stereocenters. The van der Waals surface area contributed by atoms with Crippen molar-refractivity contribution in [2.45, 2.75) is 6.42 Å². The molecule has 2 aromatic carbocycles. The number of nitrogens with one attached hydrogen (secondary N) is 3. The van der Waals surface area contributed by atoms with E-state index in [1.165, 1.54) is 0 Å². The van der Waals surface area contributed by atoms with E-state index in [4.69, 9.17) is 26.4 Å². The minimum Gasteiger partial charge on any atom is -0.497 e. The average Bonchev–Trinajstić information content (AvgIpc) is 2.74. The van der Waals surface area contributed by atoms with Crippen LogP contribution in [-0.4, -0.2) is 38.0 Å². The molecular formula is C21H23N3O4S. The maximum absolute atomic E-state index is 12.3. The molecule has 3 N–H and O–H groups in total. The van der Waals surface area contributed by atoms with Crippen LogP contribution in [0.1, 0.15) is 5.56 Å². The molecule has 3 rings (SSSR count). The monoisotopic (exact) mass is 413 g/mol. The number of ether oxygens (including phenoxy) is 3. The van der Waals surface area contributed by atoms with Crippen LogP contribution in [0.2, 0.25) is 0 Å². The Hall–Kier alpha value is -3.26. The lowest BCUT2D eigenvalue weighted by atomic mass is 10.1. The highest BCUT2D eigenvalue weighted by molar-refractivity contribution is 7.80. The van der Waals surface area contributed by atoms with E-state index in [0.717, 1.165) is 16.6 Å². The second-order valence-electron chi connectivity index (χ2n) is 6.27. The van der Waals surface area contributed by atoms with Crippen molar-refractivity contribution >= 4 is 33.9 Å². The molecule has 29 heavy (non-hydrogen) atoms. The van der Waals surface area contributed by atoms with E-state index in [9.17, 15) is 4.79 Å². The highest BCUT2D eigenvalue weighted by Crippen LogP contribution is 2.28. The molecule has 0 bridgehead atoms. The quantitative estimate of drug-likeness (QED) is 0.513. The first kappa shape index (κ1) is 20.5. The van der Waals surface area contributed by atoms with Crippen LogP contribution < -0.4 is 30.4 Å². The zero-order chi connectivity index (χ0) is 20.8. The van der Waals surface area contributed by atoms with Crippen LogP contribution in [0.5, 0.6) is 17.2 Å². The molecule has 8 heteroatoms. The molecule has 0 amide bonds. The summed E-state index contributed by atoms with van der Waals surface area (Å²) in [6.07, 6.45) is 0.527. The predicted molar refractivity (Wildman–Crippen MR) is 119 cm³/mol. The number of methoxy groups -OCH3 is 3. The number of aromatic amines is 1. The lowest BCUT2D eigenvalue weighted by molar-refractivity contribution is 0.395. The van der Waals surface area contributed by atoms with E-state index < -0.39 is 0 Å². The van der Waals surface area contributed by atoms with Gasteiger partial charge in [-0.15, -0.1) is 0 Å². The molecule has 0 fully saturated rings. The third kappa shape index (κ3) is 4.97. The number of rotatable bonds is 7. The fraction of sp³-hybridized carbons (Fsp3) is 0.238. The second-order valence-corrected chi connectivity index (χ2v) is 6.68. The number of fused-ring (bicyclic) bond motifs is 1. The Labute approximate surface area is 174 Å². The van der Waals surface area contributed by atoms with Gasteiger partial charge in [-0.25, -0.2) is 0 Å². The van der Waals surface area contributed by atoms with E-state index >= 15 is 0 Å². The first-order valence-corrected chi connectivity index (χ1v) is 9.41. The fourth-order valence-electron chi connectivity index (χ4n) is 2.92. The molecule has 0 spiro atoms. The first-order valence-electron chi connectivity index (χ1n) is 9.01. The molecule has 1 aromatic heterocycles. The zero-order valence-electron chi connectivity index (χ0n) is 16.5. The van der Waals surface area contributed by atoms with E-state index in [2.05, 4.69) is 15.6 Å². The van der Waals surface area contributed by atoms with Gasteiger partial charge in [0.05, 0.1) is 32.5 Å². The van der Waals surface area contributed by atoms with Crippen molar-refractivity contribution in [1.29, 1.82) is 0 Å². The van der Waals surface area contributed by atoms with E-state index in [1.54, 1.807) is 33.5 Å². The summed E-state index contributed by atoms with van der Waals surface area (Å²) in [6, 6.07) is 12.9. The molecular weight excluding hydrogens is 390 g/mol. The van der Waals surface area contributed by atoms with Crippen LogP contribution in [0.25, 0.3) is 10.9 Å². The number of aromatic nitrogens is 1. The van der Waals surface area contributed by atoms with E-state index in [1.807, 2.05) is 30.3 Å². The van der Waals surface area contributed by atoms with Crippen molar-refractivity contribution < 1.29 is 14.2 Å². The number of anilines is 1. The average molecular weight is 413 g/mol. The minimum absolute atomic E-state index is 0.122. The molecule has 0 unspecified atom stereocenters. The standard InChI is InChI=1S/C21H23N3O4S/c1-26-15-5-4-13-10-14(20(25)23-18(13)11-15)8-9-22-21(29)24-17-7-6-16(27-2)12-19(17)28-3/h4-7,10-12H,8-9H2,1-3H3,(H,23,25)(H2,22,24,29). The van der Waals surface area contributed by atoms with E-state index in [-0.39, 0.29) is 5.56 Å². The van der Waals surface area contributed by atoms with Gasteiger partial charge in [-0.05, 0) is 54.4 Å². The lowest BCUT2D eigenvalue weighted by Gasteiger charge is -2.14. The zero-order valence-corrected chi connectivity index (χ0v) is 17.3. The molecule has 7 nitrogen and oxygen atoms in total. The van der Waals surface area contributed by atoms with Gasteiger partial charge >= 0.3 is 0 Å². The van der Waals surface area contributed by atoms with Crippen LogP contribution in [0.4, 0.5) is 5.69 Å². The van der Waals surface area contributed by atoms with Gasteiger partial charge in [0.2, 0.25) is 0 Å². The largest absolute Gasteiger partial charge is 0.497 e. The number of pyridine rings is 1. The number of hydrogen-bond acceptors (Lipinski definition) is 5. The van der Waals surface area contributed by atoms with Crippen LogP contribution in [0, 0.1) is 0 Å². The van der Waals surface area contributed by atoms with E-state index in [0.29, 0.717) is 40.9 Å². The Morgan fingerprint density at radius 1 is 1.00 bits per heavy atom. The number of H-pyrrole nitrogens is 1. The van der Waals surface area contributed by atoms with Crippen LogP contribution >= 0.6 is 12.2 Å². The summed E-state index contributed by atoms with van der Waals surface area (Å²) in [6.45, 7) is 0.509. The van der Waals surface area contributed by atoms with Gasteiger partial charge in [0, 0.05) is 24.2 Å². The van der Waals surface area contributed by atoms with Gasteiger partial charge in [-0.2, -0.15) is 0 Å². The molecule has 0 aliphatic carbocycles. The number of benzene rings is 2. The Kier molecular flexibility index (Phi) is 6.56. The summed E-state index contributed by atoms with van der Waals surface area (Å²) in [7, 11) is 4.77. The summed E-state index contributed by atoms with van der Waals surface area (Å²) in [5.41, 5.74) is 2.03. The highest BCUT2D eigenvalue weighted by atomic mass is 32.1. The van der Waals surface area contributed by atoms with Crippen molar-refractivity contribution in [2.24, 2.45) is 0 Å². The van der Waals surface area contributed by atoms with Crippen molar-refractivity contribution in [2.75, 3.05) is 33.2 Å². The van der Waals surface area contributed by atoms with Crippen molar-refractivity contribution in [3.05, 3.63) is 58.4 Å². The molecule has 0 saturated carbocycles. The Bertz CT molecular complexity index is 1080. The van der Waals surface area contributed by atoms with Crippen molar-refractivity contribution in [3.63, 3.8) is 0 Å². The summed E-state index contributed by atoms with van der Waals surface area (Å²) in [4.78, 5) is 15.2. The van der Waals surface area contributed by atoms with Gasteiger partial charge in [-0.3, -0.25) is 4.79 Å². The van der Waals surface area contributed by atoms with Gasteiger partial charge in [0.25, 0.3) is 5.56 Å². The van der Waals surface area contributed by atoms with Crippen molar-refractivity contribution in [3.8, 4) is 17.2 Å². The Morgan fingerprint density at radius 3 is 2.45 bits per heavy atom. The summed E-state index contributed by atoms with van der Waals surface area (Å²) >= 11 is 5.35. The Balaban J connectivity index is 1.62. The normalized spacial score (nSPS) is 10.4. The molecule has 0 saturated heterocycles. The SMILES string of the molecule is COc1ccc(NC(=S)NCCc2cc3ccc(OC)cc3[nH]c2=O)c(OC)c1. The summed E-state index contributed by atoms with van der Waals surface area (Å²) in [5, 5.41) is 7.60. The highest BCUT2D eigenvalue weighted by Gasteiger charge is 2.08. The lowest BCUT2D eigenvalue weighted by Crippen LogP contribution is -2.31. The smallest absolute Gasteiger partial charge is 0.251 e. The second kappa shape index (κ2) is 9.29. The number of hydrogen-bond donors (Lipinski definition) is 3. The molecule has 3 aromatic rings. The maximum Gasteiger partial charge on any atom is 0.251 e. The van der Waals surface area contributed by atoms with Gasteiger partial charge in [-0.1, -0.05) is 0 Å². The molecule has 152 valence electrons.